The van der Waals surface area contributed by atoms with E-state index in [-0.39, 0.29) is 5.56 Å². The average Bonchev–Trinajstić information content (AvgIpc) is 2.63. The Morgan fingerprint density at radius 3 is 2.84 bits per heavy atom. The molecule has 0 unspecified atom stereocenters. The zero-order valence-electron chi connectivity index (χ0n) is 13.3. The lowest BCUT2D eigenvalue weighted by Crippen LogP contribution is -2.35. The fourth-order valence-corrected chi connectivity index (χ4v) is 3.32. The monoisotopic (exact) mass is 398 g/mol. The van der Waals surface area contributed by atoms with E-state index in [4.69, 9.17) is 0 Å². The van der Waals surface area contributed by atoms with Crippen LogP contribution in [0.2, 0.25) is 0 Å². The topological polar surface area (TPSA) is 87.7 Å². The number of nitrogens with one attached hydrogen (secondary N) is 1. The zero-order valence-corrected chi connectivity index (χ0v) is 14.9. The molecule has 0 bridgehead atoms. The van der Waals surface area contributed by atoms with Gasteiger partial charge in [0.15, 0.2) is 0 Å². The van der Waals surface area contributed by atoms with E-state index >= 15 is 0 Å². The van der Waals surface area contributed by atoms with Crippen LogP contribution in [-0.4, -0.2) is 36.4 Å². The SMILES string of the molecule is O=c1[nH]c(-c2cncnc2)nc2c1CN(Cc1cccc(Br)n1)CC2. The van der Waals surface area contributed by atoms with Gasteiger partial charge in [0.2, 0.25) is 0 Å². The molecule has 4 heterocycles. The van der Waals surface area contributed by atoms with Crippen molar-refractivity contribution < 1.29 is 0 Å². The highest BCUT2D eigenvalue weighted by molar-refractivity contribution is 9.10. The predicted molar refractivity (Wildman–Crippen MR) is 95.6 cm³/mol. The molecular formula is C17H15BrN6O. The Morgan fingerprint density at radius 1 is 1.20 bits per heavy atom. The van der Waals surface area contributed by atoms with Crippen molar-refractivity contribution in [2.45, 2.75) is 19.5 Å². The van der Waals surface area contributed by atoms with E-state index in [1.807, 2.05) is 18.2 Å². The molecular weight excluding hydrogens is 384 g/mol. The molecule has 0 aromatic carbocycles. The van der Waals surface area contributed by atoms with Gasteiger partial charge >= 0.3 is 0 Å². The summed E-state index contributed by atoms with van der Waals surface area (Å²) in [4.78, 5) is 34.6. The molecule has 4 rings (SSSR count). The molecule has 25 heavy (non-hydrogen) atoms. The quantitative estimate of drug-likeness (QED) is 0.678. The third-order valence-corrected chi connectivity index (χ3v) is 4.58. The first kappa shape index (κ1) is 16.0. The van der Waals surface area contributed by atoms with Crippen LogP contribution in [0.1, 0.15) is 17.0 Å². The van der Waals surface area contributed by atoms with E-state index in [9.17, 15) is 4.79 Å². The van der Waals surface area contributed by atoms with Gasteiger partial charge in [0.25, 0.3) is 5.56 Å². The fraction of sp³-hybridized carbons (Fsp3) is 0.235. The summed E-state index contributed by atoms with van der Waals surface area (Å²) in [7, 11) is 0. The Balaban J connectivity index is 1.58. The van der Waals surface area contributed by atoms with Crippen molar-refractivity contribution in [2.24, 2.45) is 0 Å². The standard InChI is InChI=1S/C17H15BrN6O/c18-15-3-1-2-12(21-15)8-24-5-4-14-13(9-24)17(25)23-16(22-14)11-6-19-10-20-7-11/h1-3,6-7,10H,4-5,8-9H2,(H,22,23,25). The minimum atomic E-state index is -0.101. The van der Waals surface area contributed by atoms with E-state index in [1.165, 1.54) is 6.33 Å². The van der Waals surface area contributed by atoms with E-state index in [0.717, 1.165) is 34.5 Å². The lowest BCUT2D eigenvalue weighted by Gasteiger charge is -2.27. The van der Waals surface area contributed by atoms with Crippen molar-refractivity contribution >= 4 is 15.9 Å². The molecule has 0 saturated heterocycles. The average molecular weight is 399 g/mol. The lowest BCUT2D eigenvalue weighted by molar-refractivity contribution is 0.239. The molecule has 1 aliphatic rings. The molecule has 0 amide bonds. The van der Waals surface area contributed by atoms with E-state index in [2.05, 4.69) is 45.7 Å². The van der Waals surface area contributed by atoms with Crippen molar-refractivity contribution in [2.75, 3.05) is 6.54 Å². The Morgan fingerprint density at radius 2 is 2.04 bits per heavy atom. The molecule has 0 radical (unpaired) electrons. The van der Waals surface area contributed by atoms with Gasteiger partial charge in [-0.25, -0.2) is 19.9 Å². The van der Waals surface area contributed by atoms with Crippen LogP contribution in [-0.2, 0) is 19.5 Å². The number of aromatic nitrogens is 5. The maximum absolute atomic E-state index is 12.5. The van der Waals surface area contributed by atoms with E-state index in [1.54, 1.807) is 12.4 Å². The van der Waals surface area contributed by atoms with Crippen LogP contribution in [0.5, 0.6) is 0 Å². The first-order chi connectivity index (χ1) is 12.2. The molecule has 0 saturated carbocycles. The second kappa shape index (κ2) is 6.81. The van der Waals surface area contributed by atoms with Gasteiger partial charge in [0.05, 0.1) is 22.5 Å². The van der Waals surface area contributed by atoms with Crippen molar-refractivity contribution in [1.82, 2.24) is 29.8 Å². The van der Waals surface area contributed by atoms with Gasteiger partial charge in [-0.2, -0.15) is 0 Å². The lowest BCUT2D eigenvalue weighted by atomic mass is 10.1. The second-order valence-electron chi connectivity index (χ2n) is 5.88. The second-order valence-corrected chi connectivity index (χ2v) is 6.69. The summed E-state index contributed by atoms with van der Waals surface area (Å²) in [5.41, 5.74) is 3.15. The highest BCUT2D eigenvalue weighted by Crippen LogP contribution is 2.19. The van der Waals surface area contributed by atoms with Crippen LogP contribution in [0.3, 0.4) is 0 Å². The first-order valence-electron chi connectivity index (χ1n) is 7.90. The molecule has 0 aliphatic carbocycles. The van der Waals surface area contributed by atoms with Crippen LogP contribution in [0.4, 0.5) is 0 Å². The molecule has 0 spiro atoms. The van der Waals surface area contributed by atoms with Crippen LogP contribution in [0.25, 0.3) is 11.4 Å². The smallest absolute Gasteiger partial charge is 0.255 e. The number of hydrogen-bond acceptors (Lipinski definition) is 6. The number of rotatable bonds is 3. The summed E-state index contributed by atoms with van der Waals surface area (Å²) in [5, 5.41) is 0. The normalized spacial score (nSPS) is 14.3. The van der Waals surface area contributed by atoms with Gasteiger partial charge in [-0.15, -0.1) is 0 Å². The number of aromatic amines is 1. The third-order valence-electron chi connectivity index (χ3n) is 4.14. The summed E-state index contributed by atoms with van der Waals surface area (Å²) in [5.74, 6) is 0.520. The van der Waals surface area contributed by atoms with Crippen LogP contribution < -0.4 is 5.56 Å². The number of pyridine rings is 1. The minimum Gasteiger partial charge on any atom is -0.306 e. The fourth-order valence-electron chi connectivity index (χ4n) is 2.94. The maximum atomic E-state index is 12.5. The van der Waals surface area contributed by atoms with Gasteiger partial charge in [0, 0.05) is 38.4 Å². The Bertz CT molecular complexity index is 959. The summed E-state index contributed by atoms with van der Waals surface area (Å²) < 4.78 is 0.816. The molecule has 3 aromatic heterocycles. The van der Waals surface area contributed by atoms with E-state index < -0.39 is 0 Å². The van der Waals surface area contributed by atoms with Gasteiger partial charge in [-0.1, -0.05) is 6.07 Å². The van der Waals surface area contributed by atoms with Crippen molar-refractivity contribution in [3.05, 3.63) is 68.8 Å². The molecule has 126 valence electrons. The zero-order chi connectivity index (χ0) is 17.2. The highest BCUT2D eigenvalue weighted by Gasteiger charge is 2.22. The van der Waals surface area contributed by atoms with Gasteiger partial charge in [-0.3, -0.25) is 9.69 Å². The van der Waals surface area contributed by atoms with Crippen LogP contribution >= 0.6 is 15.9 Å². The Kier molecular flexibility index (Phi) is 4.37. The number of halogens is 1. The van der Waals surface area contributed by atoms with Gasteiger partial charge in [-0.05, 0) is 28.1 Å². The summed E-state index contributed by atoms with van der Waals surface area (Å²) in [6, 6.07) is 5.85. The van der Waals surface area contributed by atoms with Gasteiger partial charge in [0.1, 0.15) is 16.8 Å². The third kappa shape index (κ3) is 3.49. The summed E-state index contributed by atoms with van der Waals surface area (Å²) in [6.07, 6.45) is 5.47. The Labute approximate surface area is 152 Å². The van der Waals surface area contributed by atoms with Crippen LogP contribution in [0.15, 0.2) is 46.3 Å². The molecule has 0 fully saturated rings. The van der Waals surface area contributed by atoms with Crippen LogP contribution in [0, 0.1) is 0 Å². The predicted octanol–water partition coefficient (Wildman–Crippen LogP) is 1.94. The summed E-state index contributed by atoms with van der Waals surface area (Å²) in [6.45, 7) is 2.10. The van der Waals surface area contributed by atoms with E-state index in [0.29, 0.717) is 24.5 Å². The first-order valence-corrected chi connectivity index (χ1v) is 8.69. The maximum Gasteiger partial charge on any atom is 0.255 e. The molecule has 1 aliphatic heterocycles. The molecule has 0 atom stereocenters. The highest BCUT2D eigenvalue weighted by atomic mass is 79.9. The van der Waals surface area contributed by atoms with Crippen molar-refractivity contribution in [1.29, 1.82) is 0 Å². The minimum absolute atomic E-state index is 0.101. The molecule has 1 N–H and O–H groups in total. The number of hydrogen-bond donors (Lipinski definition) is 1. The van der Waals surface area contributed by atoms with Crippen molar-refractivity contribution in [3.8, 4) is 11.4 Å². The molecule has 8 heteroatoms. The number of nitrogens with zero attached hydrogens (tertiary/aromatic N) is 5. The largest absolute Gasteiger partial charge is 0.306 e. The number of H-pyrrole nitrogens is 1. The Hall–Kier alpha value is -2.45. The number of fused-ring (bicyclic) bond motifs is 1. The van der Waals surface area contributed by atoms with Crippen molar-refractivity contribution in [3.63, 3.8) is 0 Å². The van der Waals surface area contributed by atoms with Gasteiger partial charge < -0.3 is 4.98 Å². The molecule has 3 aromatic rings. The summed E-state index contributed by atoms with van der Waals surface area (Å²) >= 11 is 3.39. The molecule has 7 nitrogen and oxygen atoms in total.